The van der Waals surface area contributed by atoms with E-state index in [4.69, 9.17) is 22.1 Å². The second-order valence-corrected chi connectivity index (χ2v) is 6.85. The number of nitrogens with zero attached hydrogens (tertiary/aromatic N) is 1. The average molecular weight is 354 g/mol. The molecule has 1 aromatic rings. The summed E-state index contributed by atoms with van der Waals surface area (Å²) in [6.07, 6.45) is 2.41. The first-order chi connectivity index (χ1) is 11.5. The Balaban J connectivity index is 2.06. The normalized spacial score (nSPS) is 17.9. The molecule has 1 aliphatic rings. The number of methoxy groups -OCH3 is 1. The lowest BCUT2D eigenvalue weighted by molar-refractivity contribution is -0.131. The van der Waals surface area contributed by atoms with Gasteiger partial charge in [-0.25, -0.2) is 0 Å². The maximum absolute atomic E-state index is 12.7. The molecule has 1 aliphatic heterocycles. The third-order valence-electron chi connectivity index (χ3n) is 5.23. The standard InChI is InChI=1S/C18H28ClN3O2/c1-4-18(5-2,12-20)17(23)21-14-8-9-22(11-14)15-10-13(19)6-7-16(15)24-3/h6-7,10,14H,4-5,8-9,11-12,20H2,1-3H3,(H,21,23). The summed E-state index contributed by atoms with van der Waals surface area (Å²) in [5.74, 6) is 0.865. The zero-order chi connectivity index (χ0) is 17.7. The number of benzene rings is 1. The van der Waals surface area contributed by atoms with Gasteiger partial charge in [-0.15, -0.1) is 0 Å². The molecule has 1 atom stereocenters. The van der Waals surface area contributed by atoms with Crippen molar-refractivity contribution in [3.8, 4) is 5.75 Å². The van der Waals surface area contributed by atoms with E-state index in [2.05, 4.69) is 10.2 Å². The number of hydrogen-bond donors (Lipinski definition) is 2. The van der Waals surface area contributed by atoms with E-state index in [0.29, 0.717) is 11.6 Å². The summed E-state index contributed by atoms with van der Waals surface area (Å²) in [5, 5.41) is 3.87. The summed E-state index contributed by atoms with van der Waals surface area (Å²) in [6.45, 7) is 6.03. The van der Waals surface area contributed by atoms with Crippen molar-refractivity contribution < 1.29 is 9.53 Å². The summed E-state index contributed by atoms with van der Waals surface area (Å²) in [4.78, 5) is 14.9. The number of ether oxygens (including phenoxy) is 1. The van der Waals surface area contributed by atoms with Gasteiger partial charge in [0.25, 0.3) is 0 Å². The van der Waals surface area contributed by atoms with Crippen LogP contribution in [0.5, 0.6) is 5.75 Å². The molecule has 0 aliphatic carbocycles. The molecule has 6 heteroatoms. The third kappa shape index (κ3) is 3.78. The fourth-order valence-corrected chi connectivity index (χ4v) is 3.46. The molecular weight excluding hydrogens is 326 g/mol. The topological polar surface area (TPSA) is 67.6 Å². The SMILES string of the molecule is CCC(CC)(CN)C(=O)NC1CCN(c2cc(Cl)ccc2OC)C1. The van der Waals surface area contributed by atoms with Crippen molar-refractivity contribution in [2.24, 2.45) is 11.1 Å². The highest BCUT2D eigenvalue weighted by molar-refractivity contribution is 6.30. The van der Waals surface area contributed by atoms with Gasteiger partial charge >= 0.3 is 0 Å². The van der Waals surface area contributed by atoms with Gasteiger partial charge < -0.3 is 20.7 Å². The molecule has 0 bridgehead atoms. The van der Waals surface area contributed by atoms with E-state index in [0.717, 1.165) is 43.8 Å². The summed E-state index contributed by atoms with van der Waals surface area (Å²) in [7, 11) is 1.65. The Morgan fingerprint density at radius 1 is 1.46 bits per heavy atom. The van der Waals surface area contributed by atoms with Crippen LogP contribution >= 0.6 is 11.6 Å². The minimum atomic E-state index is -0.457. The summed E-state index contributed by atoms with van der Waals surface area (Å²) < 4.78 is 5.43. The lowest BCUT2D eigenvalue weighted by Gasteiger charge is -2.30. The maximum atomic E-state index is 12.7. The highest BCUT2D eigenvalue weighted by Gasteiger charge is 2.36. The molecule has 1 unspecified atom stereocenters. The Morgan fingerprint density at radius 3 is 2.75 bits per heavy atom. The minimum Gasteiger partial charge on any atom is -0.495 e. The smallest absolute Gasteiger partial charge is 0.227 e. The molecule has 1 amide bonds. The van der Waals surface area contributed by atoms with Gasteiger partial charge in [-0.2, -0.15) is 0 Å². The Hall–Kier alpha value is -1.46. The van der Waals surface area contributed by atoms with Crippen LogP contribution in [0.3, 0.4) is 0 Å². The van der Waals surface area contributed by atoms with Gasteiger partial charge in [-0.1, -0.05) is 25.4 Å². The molecule has 0 radical (unpaired) electrons. The van der Waals surface area contributed by atoms with Gasteiger partial charge in [0.05, 0.1) is 18.2 Å². The van der Waals surface area contributed by atoms with Crippen molar-refractivity contribution in [1.82, 2.24) is 5.32 Å². The van der Waals surface area contributed by atoms with Crippen LogP contribution < -0.4 is 20.7 Å². The molecule has 1 aromatic carbocycles. The second-order valence-electron chi connectivity index (χ2n) is 6.41. The zero-order valence-corrected chi connectivity index (χ0v) is 15.5. The molecule has 0 saturated carbocycles. The van der Waals surface area contributed by atoms with Crippen LogP contribution in [0.2, 0.25) is 5.02 Å². The molecule has 134 valence electrons. The Bertz CT molecular complexity index is 567. The number of amides is 1. The number of rotatable bonds is 7. The first-order valence-corrected chi connectivity index (χ1v) is 8.97. The third-order valence-corrected chi connectivity index (χ3v) is 5.47. The average Bonchev–Trinajstić information content (AvgIpc) is 3.05. The maximum Gasteiger partial charge on any atom is 0.227 e. The highest BCUT2D eigenvalue weighted by Crippen LogP contribution is 2.33. The van der Waals surface area contributed by atoms with Crippen molar-refractivity contribution in [1.29, 1.82) is 0 Å². The van der Waals surface area contributed by atoms with Gasteiger partial charge in [-0.05, 0) is 37.5 Å². The molecule has 3 N–H and O–H groups in total. The molecular formula is C18H28ClN3O2. The molecule has 24 heavy (non-hydrogen) atoms. The summed E-state index contributed by atoms with van der Waals surface area (Å²) >= 11 is 6.12. The van der Waals surface area contributed by atoms with E-state index in [9.17, 15) is 4.79 Å². The first-order valence-electron chi connectivity index (χ1n) is 8.59. The molecule has 5 nitrogen and oxygen atoms in total. The monoisotopic (exact) mass is 353 g/mol. The number of nitrogens with one attached hydrogen (secondary N) is 1. The van der Waals surface area contributed by atoms with E-state index >= 15 is 0 Å². The van der Waals surface area contributed by atoms with Crippen LogP contribution in [0.25, 0.3) is 0 Å². The van der Waals surface area contributed by atoms with Crippen LogP contribution in [0.4, 0.5) is 5.69 Å². The fourth-order valence-electron chi connectivity index (χ4n) is 3.30. The number of halogens is 1. The van der Waals surface area contributed by atoms with E-state index in [1.54, 1.807) is 7.11 Å². The molecule has 1 fully saturated rings. The molecule has 0 aromatic heterocycles. The minimum absolute atomic E-state index is 0.0694. The lowest BCUT2D eigenvalue weighted by atomic mass is 9.81. The Labute approximate surface area is 149 Å². The van der Waals surface area contributed by atoms with E-state index in [-0.39, 0.29) is 11.9 Å². The molecule has 1 heterocycles. The van der Waals surface area contributed by atoms with Gasteiger partial charge in [-0.3, -0.25) is 4.79 Å². The van der Waals surface area contributed by atoms with Crippen LogP contribution in [0, 0.1) is 5.41 Å². The van der Waals surface area contributed by atoms with Crippen molar-refractivity contribution >= 4 is 23.2 Å². The highest BCUT2D eigenvalue weighted by atomic mass is 35.5. The summed E-state index contributed by atoms with van der Waals surface area (Å²) in [5.41, 5.74) is 6.39. The van der Waals surface area contributed by atoms with Gasteiger partial charge in [0.15, 0.2) is 0 Å². The van der Waals surface area contributed by atoms with Crippen LogP contribution in [0.15, 0.2) is 18.2 Å². The van der Waals surface area contributed by atoms with Gasteiger partial charge in [0.2, 0.25) is 5.91 Å². The van der Waals surface area contributed by atoms with Crippen molar-refractivity contribution in [2.75, 3.05) is 31.6 Å². The lowest BCUT2D eigenvalue weighted by Crippen LogP contribution is -2.49. The van der Waals surface area contributed by atoms with E-state index in [1.165, 1.54) is 0 Å². The first kappa shape index (κ1) is 18.9. The van der Waals surface area contributed by atoms with Crippen LogP contribution in [-0.2, 0) is 4.79 Å². The number of carbonyl (C=O) groups is 1. The predicted octanol–water partition coefficient (Wildman–Crippen LogP) is 2.81. The van der Waals surface area contributed by atoms with Crippen LogP contribution in [-0.4, -0.2) is 38.7 Å². The van der Waals surface area contributed by atoms with Crippen molar-refractivity contribution in [2.45, 2.75) is 39.2 Å². The van der Waals surface area contributed by atoms with Crippen molar-refractivity contribution in [3.05, 3.63) is 23.2 Å². The Kier molecular flexibility index (Phi) is 6.35. The fraction of sp³-hybridized carbons (Fsp3) is 0.611. The molecule has 0 spiro atoms. The largest absolute Gasteiger partial charge is 0.495 e. The Morgan fingerprint density at radius 2 is 2.17 bits per heavy atom. The predicted molar refractivity (Wildman–Crippen MR) is 98.8 cm³/mol. The quantitative estimate of drug-likeness (QED) is 0.791. The summed E-state index contributed by atoms with van der Waals surface area (Å²) in [6, 6.07) is 5.71. The van der Waals surface area contributed by atoms with Crippen molar-refractivity contribution in [3.63, 3.8) is 0 Å². The molecule has 2 rings (SSSR count). The number of anilines is 1. The number of nitrogens with two attached hydrogens (primary N) is 1. The number of carbonyl (C=O) groups excluding carboxylic acids is 1. The second kappa shape index (κ2) is 8.08. The van der Waals surface area contributed by atoms with E-state index < -0.39 is 5.41 Å². The van der Waals surface area contributed by atoms with Gasteiger partial charge in [0.1, 0.15) is 5.75 Å². The molecule has 1 saturated heterocycles. The van der Waals surface area contributed by atoms with Crippen LogP contribution in [0.1, 0.15) is 33.1 Å². The number of hydrogen-bond acceptors (Lipinski definition) is 4. The van der Waals surface area contributed by atoms with E-state index in [1.807, 2.05) is 32.0 Å². The zero-order valence-electron chi connectivity index (χ0n) is 14.8. The van der Waals surface area contributed by atoms with Gasteiger partial charge in [0, 0.05) is 30.7 Å².